The molecule has 1 aromatic carbocycles. The summed E-state index contributed by atoms with van der Waals surface area (Å²) in [5.41, 5.74) is -4.59. The average molecular weight is 435 g/mol. The van der Waals surface area contributed by atoms with Gasteiger partial charge in [0, 0.05) is 16.6 Å². The highest BCUT2D eigenvalue weighted by Gasteiger charge is 2.37. The van der Waals surface area contributed by atoms with Crippen LogP contribution in [0.25, 0.3) is 0 Å². The number of thioether (sulfide) groups is 1. The monoisotopic (exact) mass is 435 g/mol. The Morgan fingerprint density at radius 2 is 1.89 bits per heavy atom. The number of alkyl halides is 3. The normalized spacial score (nSPS) is 13.6. The molecule has 28 heavy (non-hydrogen) atoms. The molecule has 12 heteroatoms. The number of halogens is 3. The third kappa shape index (κ3) is 6.37. The molecule has 0 spiro atoms. The van der Waals surface area contributed by atoms with Crippen molar-refractivity contribution >= 4 is 45.9 Å². The van der Waals surface area contributed by atoms with Gasteiger partial charge in [-0.2, -0.15) is 13.2 Å². The molecule has 2 aromatic rings. The van der Waals surface area contributed by atoms with Gasteiger partial charge < -0.3 is 15.2 Å². The summed E-state index contributed by atoms with van der Waals surface area (Å²) in [6.07, 6.45) is 0. The first-order valence-corrected chi connectivity index (χ1v) is 10.0. The average Bonchev–Trinajstić information content (AvgIpc) is 3.03. The van der Waals surface area contributed by atoms with Crippen LogP contribution < -0.4 is 10.6 Å². The minimum atomic E-state index is -4.84. The van der Waals surface area contributed by atoms with Gasteiger partial charge in [0.15, 0.2) is 16.6 Å². The van der Waals surface area contributed by atoms with Crippen molar-refractivity contribution in [2.45, 2.75) is 29.5 Å². The highest BCUT2D eigenvalue weighted by atomic mass is 32.2. The summed E-state index contributed by atoms with van der Waals surface area (Å²) in [4.78, 5) is 23.5. The lowest BCUT2D eigenvalue weighted by atomic mass is 10.3. The van der Waals surface area contributed by atoms with Crippen LogP contribution in [0.5, 0.6) is 0 Å². The number of aromatic nitrogens is 1. The van der Waals surface area contributed by atoms with E-state index < -0.39 is 32.4 Å². The second-order valence-electron chi connectivity index (χ2n) is 5.55. The van der Waals surface area contributed by atoms with E-state index in [1.807, 2.05) is 0 Å². The lowest BCUT2D eigenvalue weighted by molar-refractivity contribution is -0.115. The number of rotatable bonds is 7. The van der Waals surface area contributed by atoms with Crippen LogP contribution in [0, 0.1) is 6.92 Å². The zero-order valence-electron chi connectivity index (χ0n) is 14.7. The van der Waals surface area contributed by atoms with Gasteiger partial charge in [-0.05, 0) is 38.1 Å². The molecule has 0 unspecified atom stereocenters. The smallest absolute Gasteiger partial charge is 0.360 e. The zero-order valence-corrected chi connectivity index (χ0v) is 16.3. The number of hydrogen-bond acceptors (Lipinski definition) is 6. The molecule has 1 heterocycles. The minimum absolute atomic E-state index is 0.0529. The Balaban J connectivity index is 1.81. The standard InChI is InChI=1S/C16H16F3N3O4S2/c1-9-7-13(22-26-9)21-15(24)10(2)27-8-14(23)20-11-3-5-12(6-4-11)28(25)16(17,18)19/h3-7,10H,8H2,1-2H3,(H,20,23)(H,21,22,24)/t10-,28+/m1/s1. The lowest BCUT2D eigenvalue weighted by Crippen LogP contribution is -2.25. The number of aryl methyl sites for hydroxylation is 1. The van der Waals surface area contributed by atoms with E-state index >= 15 is 0 Å². The van der Waals surface area contributed by atoms with Crippen molar-refractivity contribution in [2.75, 3.05) is 16.4 Å². The third-order valence-electron chi connectivity index (χ3n) is 3.28. The molecule has 0 saturated carbocycles. The van der Waals surface area contributed by atoms with Crippen molar-refractivity contribution in [1.29, 1.82) is 0 Å². The van der Waals surface area contributed by atoms with Gasteiger partial charge in [-0.15, -0.1) is 11.8 Å². The predicted molar refractivity (Wildman–Crippen MR) is 99.3 cm³/mol. The molecule has 0 aliphatic heterocycles. The number of carbonyl (C=O) groups excluding carboxylic acids is 2. The van der Waals surface area contributed by atoms with Gasteiger partial charge in [0.1, 0.15) is 5.76 Å². The number of benzene rings is 1. The first-order chi connectivity index (χ1) is 13.1. The molecule has 2 rings (SSSR count). The second kappa shape index (κ2) is 9.24. The molecule has 2 N–H and O–H groups in total. The van der Waals surface area contributed by atoms with E-state index in [4.69, 9.17) is 4.52 Å². The van der Waals surface area contributed by atoms with E-state index in [0.717, 1.165) is 23.9 Å². The van der Waals surface area contributed by atoms with Gasteiger partial charge in [0.05, 0.1) is 11.0 Å². The van der Waals surface area contributed by atoms with Gasteiger partial charge in [0.25, 0.3) is 0 Å². The number of nitrogens with one attached hydrogen (secondary N) is 2. The van der Waals surface area contributed by atoms with Crippen molar-refractivity contribution < 1.29 is 31.5 Å². The third-order valence-corrected chi connectivity index (χ3v) is 5.54. The van der Waals surface area contributed by atoms with Crippen LogP contribution >= 0.6 is 11.8 Å². The Morgan fingerprint density at radius 3 is 2.43 bits per heavy atom. The van der Waals surface area contributed by atoms with Crippen molar-refractivity contribution in [3.63, 3.8) is 0 Å². The molecule has 0 radical (unpaired) electrons. The quantitative estimate of drug-likeness (QED) is 0.692. The summed E-state index contributed by atoms with van der Waals surface area (Å²) >= 11 is 1.07. The fourth-order valence-corrected chi connectivity index (χ4v) is 3.26. The summed E-state index contributed by atoms with van der Waals surface area (Å²) < 4.78 is 53.3. The topological polar surface area (TPSA) is 101 Å². The molecule has 0 fully saturated rings. The zero-order chi connectivity index (χ0) is 20.9. The van der Waals surface area contributed by atoms with Crippen LogP contribution in [-0.2, 0) is 20.4 Å². The number of hydrogen-bond donors (Lipinski definition) is 2. The van der Waals surface area contributed by atoms with Gasteiger partial charge in [0.2, 0.25) is 11.8 Å². The van der Waals surface area contributed by atoms with E-state index in [1.54, 1.807) is 19.9 Å². The Labute approximate surface area is 164 Å². The van der Waals surface area contributed by atoms with Gasteiger partial charge >= 0.3 is 5.51 Å². The molecule has 152 valence electrons. The van der Waals surface area contributed by atoms with Crippen LogP contribution in [0.2, 0.25) is 0 Å². The van der Waals surface area contributed by atoms with E-state index in [2.05, 4.69) is 15.8 Å². The van der Waals surface area contributed by atoms with Crippen LogP contribution in [0.15, 0.2) is 39.8 Å². The van der Waals surface area contributed by atoms with Crippen LogP contribution in [0.3, 0.4) is 0 Å². The molecular formula is C16H16F3N3O4S2. The fourth-order valence-electron chi connectivity index (χ4n) is 1.92. The maximum Gasteiger partial charge on any atom is 0.475 e. The Morgan fingerprint density at radius 1 is 1.25 bits per heavy atom. The molecule has 1 aromatic heterocycles. The van der Waals surface area contributed by atoms with E-state index in [9.17, 15) is 27.0 Å². The Kier molecular flexibility index (Phi) is 7.24. The first-order valence-electron chi connectivity index (χ1n) is 7.80. The van der Waals surface area contributed by atoms with Crippen molar-refractivity contribution in [1.82, 2.24) is 5.16 Å². The first kappa shape index (κ1) is 22.0. The Bertz CT molecular complexity index is 869. The van der Waals surface area contributed by atoms with Crippen LogP contribution in [0.4, 0.5) is 24.7 Å². The minimum Gasteiger partial charge on any atom is -0.360 e. The molecule has 2 atom stereocenters. The number of nitrogens with zero attached hydrogens (tertiary/aromatic N) is 1. The molecule has 2 amide bonds. The van der Waals surface area contributed by atoms with Crippen LogP contribution in [-0.4, -0.2) is 37.7 Å². The van der Waals surface area contributed by atoms with E-state index in [0.29, 0.717) is 5.76 Å². The maximum absolute atomic E-state index is 12.4. The summed E-state index contributed by atoms with van der Waals surface area (Å²) in [5.74, 6) is -0.0321. The lowest BCUT2D eigenvalue weighted by Gasteiger charge is -2.11. The summed E-state index contributed by atoms with van der Waals surface area (Å²) in [6.45, 7) is 3.29. The Hall–Kier alpha value is -2.34. The highest BCUT2D eigenvalue weighted by molar-refractivity contribution is 8.01. The van der Waals surface area contributed by atoms with Crippen LogP contribution in [0.1, 0.15) is 12.7 Å². The van der Waals surface area contributed by atoms with Crippen molar-refractivity contribution in [2.24, 2.45) is 0 Å². The fraction of sp³-hybridized carbons (Fsp3) is 0.312. The van der Waals surface area contributed by atoms with E-state index in [1.165, 1.54) is 12.1 Å². The predicted octanol–water partition coefficient (Wildman–Crippen LogP) is 3.31. The molecule has 0 bridgehead atoms. The molecule has 0 aliphatic carbocycles. The van der Waals surface area contributed by atoms with Crippen molar-refractivity contribution in [3.8, 4) is 0 Å². The summed E-state index contributed by atoms with van der Waals surface area (Å²) in [5, 5.41) is 8.12. The highest BCUT2D eigenvalue weighted by Crippen LogP contribution is 2.27. The van der Waals surface area contributed by atoms with Crippen molar-refractivity contribution in [3.05, 3.63) is 36.1 Å². The van der Waals surface area contributed by atoms with Gasteiger partial charge in [-0.1, -0.05) is 5.16 Å². The maximum atomic E-state index is 12.4. The molecule has 0 aliphatic rings. The second-order valence-corrected chi connectivity index (χ2v) is 8.35. The number of anilines is 2. The molecular weight excluding hydrogens is 419 g/mol. The molecule has 7 nitrogen and oxygen atoms in total. The van der Waals surface area contributed by atoms with E-state index in [-0.39, 0.29) is 23.2 Å². The summed E-state index contributed by atoms with van der Waals surface area (Å²) in [6, 6.07) is 6.07. The number of amides is 2. The van der Waals surface area contributed by atoms with Gasteiger partial charge in [-0.3, -0.25) is 9.59 Å². The SMILES string of the molecule is Cc1cc(NC(=O)[C@@H](C)SCC(=O)Nc2ccc([S@](=O)C(F)(F)F)cc2)no1. The van der Waals surface area contributed by atoms with Gasteiger partial charge in [-0.25, -0.2) is 4.21 Å². The summed E-state index contributed by atoms with van der Waals surface area (Å²) in [7, 11) is -3.13. The molecule has 0 saturated heterocycles. The number of carbonyl (C=O) groups is 2. The largest absolute Gasteiger partial charge is 0.475 e.